The Labute approximate surface area is 625 Å². The van der Waals surface area contributed by atoms with E-state index in [1.807, 2.05) is 13.8 Å². The van der Waals surface area contributed by atoms with Crippen molar-refractivity contribution in [1.29, 1.82) is 10.8 Å². The van der Waals surface area contributed by atoms with E-state index in [2.05, 4.69) is 79.1 Å². The average Bonchev–Trinajstić information content (AvgIpc) is 1.65. The number of carbonyl (C=O) groups excluding carboxylic acids is 13. The molecule has 3 heterocycles. The highest BCUT2D eigenvalue weighted by Gasteiger charge is 2.42. The summed E-state index contributed by atoms with van der Waals surface area (Å²) in [6, 6.07) is -7.27. The number of aromatic nitrogens is 2. The number of rotatable bonds is 47. The molecule has 2 fully saturated rings. The number of aliphatic hydroxyl groups is 2. The minimum Gasteiger partial charge on any atom is -0.480 e. The Morgan fingerprint density at radius 2 is 0.991 bits per heavy atom. The molecule has 2 saturated heterocycles. The lowest BCUT2D eigenvalue weighted by Crippen LogP contribution is -2.59. The zero-order valence-electron chi connectivity index (χ0n) is 61.8. The number of likely N-dealkylation sites (tertiary alicyclic amines) is 2. The summed E-state index contributed by atoms with van der Waals surface area (Å²) in [5.74, 6) is -13.2. The van der Waals surface area contributed by atoms with Gasteiger partial charge in [-0.25, -0.2) is 9.78 Å². The smallest absolute Gasteiger partial charge is 0.326 e. The van der Waals surface area contributed by atoms with Gasteiger partial charge in [-0.2, -0.15) is 0 Å². The van der Waals surface area contributed by atoms with Gasteiger partial charge in [-0.15, -0.1) is 0 Å². The third-order valence-electron chi connectivity index (χ3n) is 17.6. The van der Waals surface area contributed by atoms with Gasteiger partial charge in [0.1, 0.15) is 72.5 Å². The fourth-order valence-electron chi connectivity index (χ4n) is 12.0. The minimum atomic E-state index is -1.73. The summed E-state index contributed by atoms with van der Waals surface area (Å²) in [7, 11) is 0. The van der Waals surface area contributed by atoms with Crippen LogP contribution >= 0.6 is 0 Å². The Kier molecular flexibility index (Phi) is 38.6. The highest BCUT2D eigenvalue weighted by Crippen LogP contribution is 2.23. The van der Waals surface area contributed by atoms with Crippen LogP contribution in [0.1, 0.15) is 129 Å². The summed E-state index contributed by atoms with van der Waals surface area (Å²) < 4.78 is 0. The largest absolute Gasteiger partial charge is 0.480 e. The Morgan fingerprint density at radius 1 is 0.528 bits per heavy atom. The van der Waals surface area contributed by atoms with E-state index in [4.69, 9.17) is 33.8 Å². The minimum absolute atomic E-state index is 0.00832. The molecule has 1 aromatic heterocycles. The number of carbonyl (C=O) groups is 14. The summed E-state index contributed by atoms with van der Waals surface area (Å²) >= 11 is 0. The molecular weight excluding hydrogens is 1410 g/mol. The topological polar surface area (TPSA) is 643 Å². The monoisotopic (exact) mass is 1520 g/mol. The Hall–Kier alpha value is -10.6. The maximum atomic E-state index is 14.7. The number of guanidine groups is 2. The number of aliphatic carboxylic acids is 1. The fraction of sp³-hybridized carbons (Fsp3) is 0.632. The van der Waals surface area contributed by atoms with Crippen LogP contribution in [0.3, 0.4) is 0 Å². The number of hydrogen-bond acceptors (Lipinski definition) is 21. The maximum absolute atomic E-state index is 14.7. The lowest BCUT2D eigenvalue weighted by atomic mass is 10.00. The number of unbranched alkanes of at least 4 members (excludes halogenated alkanes) is 1. The number of hydrogen-bond donors (Lipinski definition) is 23. The van der Waals surface area contributed by atoms with Crippen molar-refractivity contribution in [2.24, 2.45) is 34.8 Å². The number of aliphatic hydroxyl groups excluding tert-OH is 2. The van der Waals surface area contributed by atoms with E-state index in [1.165, 1.54) is 29.2 Å². The van der Waals surface area contributed by atoms with Crippen molar-refractivity contribution in [2.75, 3.05) is 59.0 Å². The number of imidazole rings is 1. The van der Waals surface area contributed by atoms with Crippen molar-refractivity contribution < 1.29 is 82.4 Å². The van der Waals surface area contributed by atoms with E-state index in [-0.39, 0.29) is 126 Å². The number of H-pyrrole nitrogens is 1. The number of nitrogens with two attached hydrogens (primary N) is 4. The van der Waals surface area contributed by atoms with Crippen LogP contribution in [0.4, 0.5) is 0 Å². The third kappa shape index (κ3) is 31.1. The average molecular weight is 1520 g/mol. The van der Waals surface area contributed by atoms with Crippen LogP contribution in [0.25, 0.3) is 0 Å². The van der Waals surface area contributed by atoms with E-state index < -0.39 is 182 Å². The molecule has 0 aliphatic carbocycles. The zero-order valence-corrected chi connectivity index (χ0v) is 61.8. The predicted molar refractivity (Wildman–Crippen MR) is 391 cm³/mol. The molecule has 0 bridgehead atoms. The number of nitrogens with zero attached hydrogens (tertiary/aromatic N) is 3. The van der Waals surface area contributed by atoms with Gasteiger partial charge in [-0.3, -0.25) is 73.1 Å². The molecule has 2 aromatic rings. The first-order chi connectivity index (χ1) is 51.3. The number of nitrogens with one attached hydrogen (secondary N) is 16. The summed E-state index contributed by atoms with van der Waals surface area (Å²) in [5.41, 5.74) is 22.9. The lowest BCUT2D eigenvalue weighted by Gasteiger charge is -2.31. The molecule has 108 heavy (non-hydrogen) atoms. The van der Waals surface area contributed by atoms with Crippen molar-refractivity contribution in [3.05, 3.63) is 54.1 Å². The Balaban J connectivity index is 1.44. The van der Waals surface area contributed by atoms with Gasteiger partial charge in [0, 0.05) is 45.2 Å². The first-order valence-electron chi connectivity index (χ1n) is 36.2. The van der Waals surface area contributed by atoms with Crippen molar-refractivity contribution in [3.63, 3.8) is 0 Å². The highest BCUT2D eigenvalue weighted by molar-refractivity contribution is 6.00. The summed E-state index contributed by atoms with van der Waals surface area (Å²) in [6.45, 7) is 5.92. The molecule has 0 saturated carbocycles. The van der Waals surface area contributed by atoms with E-state index in [1.54, 1.807) is 44.2 Å². The molecule has 40 nitrogen and oxygen atoms in total. The molecule has 1 aromatic carbocycles. The molecule has 600 valence electrons. The zero-order chi connectivity index (χ0) is 80.2. The van der Waals surface area contributed by atoms with Crippen LogP contribution in [0.2, 0.25) is 0 Å². The standard InChI is InChI=1S/C68H111N23O17/c1-37(2)27-46(87-61(102)50(35-93)83-54(95)33-79-57(98)48(30-41-31-75-36-80-41)88-59(100)44(19-12-24-77-68(73)74)85-62(103)51-20-13-25-90(51)64(105)39(5)81-55(96)42(70)34-92)56(97)78-32-53(94)82-47(29-40-15-7-6-8-16-40)60(101)89-49(28-38(3)4)65(106)91-26-14-21-52(91)63(104)84-43(18-11-23-76-67(71)72)58(99)86-45(66(107)108)17-9-10-22-69/h6-8,15-16,31,36-39,42-52,92-93H,9-14,17-30,32-35,69-70H2,1-5H3,(H,75,80)(H,78,97)(H,79,98)(H,81,96)(H,82,94)(H,83,95)(H,84,104)(H,85,103)(H,86,99)(H,87,102)(H,88,100)(H,89,101)(H,107,108)(H4,71,72,76)(H4,73,74,77)/t39-,42-,43-,44-,45-,46-,47-,48-,49-,50-,51-,52-/m0/s1. The normalized spacial score (nSPS) is 16.7. The number of amides is 13. The van der Waals surface area contributed by atoms with E-state index in [0.29, 0.717) is 37.8 Å². The molecule has 12 atom stereocenters. The van der Waals surface area contributed by atoms with Crippen molar-refractivity contribution in [1.82, 2.24) is 88.9 Å². The Morgan fingerprint density at radius 3 is 1.48 bits per heavy atom. The highest BCUT2D eigenvalue weighted by atomic mass is 16.4. The summed E-state index contributed by atoms with van der Waals surface area (Å²) in [4.78, 5) is 202. The molecular formula is C68H111N23O17. The van der Waals surface area contributed by atoms with Crippen molar-refractivity contribution >= 4 is 94.7 Å². The van der Waals surface area contributed by atoms with Crippen molar-refractivity contribution in [2.45, 2.75) is 203 Å². The van der Waals surface area contributed by atoms with Gasteiger partial charge in [0.2, 0.25) is 76.8 Å². The first-order valence-corrected chi connectivity index (χ1v) is 36.2. The SMILES string of the molecule is CC(C)C[C@H](NC(=O)[C@H](CO)NC(=O)CNC(=O)[C@H](Cc1c[nH]cn1)NC(=O)[C@H](CCCNC(=N)N)NC(=O)[C@@H]1CCCN1C(=O)[C@H](C)NC(=O)[C@@H](N)CO)C(=O)NCC(=O)N[C@@H](Cc1ccccc1)C(=O)N[C@@H](CC(C)C)C(=O)N1CCC[C@H]1C(=O)N[C@@H](CCCNC(=N)N)C(=O)N[C@@H](CCCCN)C(=O)O. The molecule has 0 spiro atoms. The second kappa shape index (κ2) is 46.5. The molecule has 40 heteroatoms. The number of carboxylic acid groups (broad SMARTS) is 1. The van der Waals surface area contributed by atoms with Crippen LogP contribution < -0.4 is 92.1 Å². The van der Waals surface area contributed by atoms with Gasteiger partial charge in [-0.05, 0) is 114 Å². The van der Waals surface area contributed by atoms with E-state index >= 15 is 0 Å². The van der Waals surface area contributed by atoms with Crippen molar-refractivity contribution in [3.8, 4) is 0 Å². The molecule has 0 radical (unpaired) electrons. The number of benzene rings is 1. The van der Waals surface area contributed by atoms with Gasteiger partial charge >= 0.3 is 5.97 Å². The molecule has 13 amide bonds. The van der Waals surface area contributed by atoms with Gasteiger partial charge < -0.3 is 122 Å². The fourth-order valence-corrected chi connectivity index (χ4v) is 12.0. The Bertz CT molecular complexity index is 3370. The molecule has 27 N–H and O–H groups in total. The van der Waals surface area contributed by atoms with Gasteiger partial charge in [0.25, 0.3) is 0 Å². The predicted octanol–water partition coefficient (Wildman–Crippen LogP) is -7.06. The van der Waals surface area contributed by atoms with E-state index in [9.17, 15) is 82.4 Å². The summed E-state index contributed by atoms with van der Waals surface area (Å²) in [5, 5.41) is 77.8. The van der Waals surface area contributed by atoms with E-state index in [0.717, 1.165) is 0 Å². The lowest BCUT2D eigenvalue weighted by molar-refractivity contribution is -0.144. The second-order valence-corrected chi connectivity index (χ2v) is 27.4. The van der Waals surface area contributed by atoms with Crippen LogP contribution in [0.15, 0.2) is 42.9 Å². The first kappa shape index (κ1) is 89.8. The quantitative estimate of drug-likeness (QED) is 0.0166. The number of aromatic amines is 1. The van der Waals surface area contributed by atoms with Crippen LogP contribution in [0.5, 0.6) is 0 Å². The molecule has 0 unspecified atom stereocenters. The van der Waals surface area contributed by atoms with Crippen LogP contribution in [0, 0.1) is 22.7 Å². The molecule has 4 rings (SSSR count). The molecule has 2 aliphatic rings. The summed E-state index contributed by atoms with van der Waals surface area (Å²) in [6.07, 6.45) is 4.77. The van der Waals surface area contributed by atoms with Gasteiger partial charge in [-0.1, -0.05) is 58.0 Å². The number of carboxylic acids is 1. The van der Waals surface area contributed by atoms with Gasteiger partial charge in [0.05, 0.1) is 38.3 Å². The van der Waals surface area contributed by atoms with Gasteiger partial charge in [0.15, 0.2) is 11.9 Å². The maximum Gasteiger partial charge on any atom is 0.326 e. The third-order valence-corrected chi connectivity index (χ3v) is 17.6. The van der Waals surface area contributed by atoms with Crippen LogP contribution in [-0.2, 0) is 80.0 Å². The van der Waals surface area contributed by atoms with Crippen LogP contribution in [-0.4, -0.2) is 261 Å². The molecule has 2 aliphatic heterocycles. The second-order valence-electron chi connectivity index (χ2n) is 27.4.